The number of hydrogen-bond donors (Lipinski definition) is 2. The number of pyridine rings is 2. The van der Waals surface area contributed by atoms with E-state index in [2.05, 4.69) is 9.97 Å². The molecule has 0 aliphatic heterocycles. The first-order valence-corrected chi connectivity index (χ1v) is 11.8. The number of phenolic OH excluding ortho intramolecular Hbond substituents is 1. The molecule has 1 aliphatic carbocycles. The van der Waals surface area contributed by atoms with Crippen LogP contribution < -0.4 is 0 Å². The van der Waals surface area contributed by atoms with Crippen molar-refractivity contribution in [3.63, 3.8) is 0 Å². The summed E-state index contributed by atoms with van der Waals surface area (Å²) in [4.78, 5) is 24.7. The van der Waals surface area contributed by atoms with Crippen LogP contribution in [0.25, 0.3) is 21.7 Å². The van der Waals surface area contributed by atoms with Gasteiger partial charge in [0.15, 0.2) is 5.75 Å². The number of carbonyl (C=O) groups excluding carboxylic acids is 1. The molecule has 0 radical (unpaired) electrons. The lowest BCUT2D eigenvalue weighted by molar-refractivity contribution is 0.0731. The maximum absolute atomic E-state index is 14.1. The van der Waals surface area contributed by atoms with E-state index in [1.54, 1.807) is 47.4 Å². The summed E-state index contributed by atoms with van der Waals surface area (Å²) in [7, 11) is 0. The molecule has 0 saturated heterocycles. The number of amides is 1. The van der Waals surface area contributed by atoms with E-state index in [9.17, 15) is 19.4 Å². The minimum Gasteiger partial charge on any atom is -0.505 e. The van der Waals surface area contributed by atoms with Crippen LogP contribution >= 0.6 is 0 Å². The Hall–Kier alpha value is -4.46. The predicted molar refractivity (Wildman–Crippen MR) is 133 cm³/mol. The summed E-state index contributed by atoms with van der Waals surface area (Å²) in [5.41, 5.74) is 2.17. The van der Waals surface area contributed by atoms with Gasteiger partial charge in [0, 0.05) is 35.4 Å². The van der Waals surface area contributed by atoms with Gasteiger partial charge in [0.1, 0.15) is 11.3 Å². The molecule has 6 rings (SSSR count). The second-order valence-corrected chi connectivity index (χ2v) is 9.10. The number of aromatic hydroxyl groups is 2. The van der Waals surface area contributed by atoms with E-state index < -0.39 is 0 Å². The van der Waals surface area contributed by atoms with E-state index >= 15 is 0 Å². The third kappa shape index (κ3) is 3.80. The molecular weight excluding hydrogens is 459 g/mol. The van der Waals surface area contributed by atoms with E-state index in [1.807, 2.05) is 23.1 Å². The molecule has 3 heterocycles. The largest absolute Gasteiger partial charge is 0.505 e. The highest BCUT2D eigenvalue weighted by atomic mass is 19.1. The van der Waals surface area contributed by atoms with Crippen molar-refractivity contribution in [2.75, 3.05) is 0 Å². The Morgan fingerprint density at radius 2 is 1.78 bits per heavy atom. The normalized spacial score (nSPS) is 13.4. The van der Waals surface area contributed by atoms with Gasteiger partial charge >= 0.3 is 0 Å². The zero-order chi connectivity index (χ0) is 24.8. The first kappa shape index (κ1) is 22.0. The van der Waals surface area contributed by atoms with Crippen LogP contribution in [0.2, 0.25) is 0 Å². The second kappa shape index (κ2) is 8.64. The number of halogens is 1. The highest BCUT2D eigenvalue weighted by Gasteiger charge is 2.36. The van der Waals surface area contributed by atoms with Gasteiger partial charge in [-0.1, -0.05) is 24.3 Å². The number of rotatable bonds is 6. The molecule has 7 nitrogen and oxygen atoms in total. The molecule has 1 amide bonds. The van der Waals surface area contributed by atoms with Crippen LogP contribution in [-0.2, 0) is 13.1 Å². The molecule has 0 spiro atoms. The monoisotopic (exact) mass is 482 g/mol. The minimum atomic E-state index is -0.350. The van der Waals surface area contributed by atoms with E-state index in [-0.39, 0.29) is 46.8 Å². The van der Waals surface area contributed by atoms with Crippen molar-refractivity contribution in [1.29, 1.82) is 0 Å². The van der Waals surface area contributed by atoms with Gasteiger partial charge in [0.05, 0.1) is 29.7 Å². The van der Waals surface area contributed by atoms with Crippen LogP contribution in [0.15, 0.2) is 73.2 Å². The van der Waals surface area contributed by atoms with Gasteiger partial charge in [-0.15, -0.1) is 0 Å². The van der Waals surface area contributed by atoms with Crippen molar-refractivity contribution < 1.29 is 19.4 Å². The van der Waals surface area contributed by atoms with Crippen LogP contribution in [0.5, 0.6) is 11.6 Å². The number of aromatic nitrogens is 3. The molecule has 2 aromatic carbocycles. The Kier molecular flexibility index (Phi) is 5.29. The molecular formula is C28H23FN4O3. The number of fused-ring (bicyclic) bond motifs is 2. The summed E-state index contributed by atoms with van der Waals surface area (Å²) in [5, 5.41) is 23.3. The molecule has 0 unspecified atom stereocenters. The number of carbonyl (C=O) groups is 1. The van der Waals surface area contributed by atoms with Crippen molar-refractivity contribution in [2.24, 2.45) is 0 Å². The summed E-state index contributed by atoms with van der Waals surface area (Å²) in [6, 6.07) is 15.2. The standard InChI is InChI=1S/C28H23FN4O3/c29-18-8-6-17(7-9-18)14-32-16-22-23(21-5-3-13-31-25(21)26(34)24(22)27(32)35)28(36)33(20-10-11-20)15-19-4-1-2-12-30-19/h1-9,12-13,16,20,34-35H,10-11,14-15H2. The van der Waals surface area contributed by atoms with E-state index in [4.69, 9.17) is 0 Å². The lowest BCUT2D eigenvalue weighted by atomic mass is 10.00. The lowest BCUT2D eigenvalue weighted by Crippen LogP contribution is -2.33. The zero-order valence-electron chi connectivity index (χ0n) is 19.3. The molecule has 0 bridgehead atoms. The van der Waals surface area contributed by atoms with Crippen molar-refractivity contribution in [3.05, 3.63) is 95.8 Å². The van der Waals surface area contributed by atoms with Gasteiger partial charge < -0.3 is 19.7 Å². The van der Waals surface area contributed by atoms with Crippen molar-refractivity contribution in [1.82, 2.24) is 19.4 Å². The maximum Gasteiger partial charge on any atom is 0.255 e. The first-order valence-electron chi connectivity index (χ1n) is 11.8. The summed E-state index contributed by atoms with van der Waals surface area (Å²) in [5.74, 6) is -0.923. The van der Waals surface area contributed by atoms with E-state index in [0.717, 1.165) is 24.1 Å². The van der Waals surface area contributed by atoms with Gasteiger partial charge in [-0.2, -0.15) is 0 Å². The third-order valence-electron chi connectivity index (χ3n) is 6.64. The second-order valence-electron chi connectivity index (χ2n) is 9.10. The van der Waals surface area contributed by atoms with Crippen LogP contribution in [-0.4, -0.2) is 41.6 Å². The van der Waals surface area contributed by atoms with Crippen molar-refractivity contribution in [3.8, 4) is 11.6 Å². The molecule has 3 aromatic heterocycles. The highest BCUT2D eigenvalue weighted by Crippen LogP contribution is 2.43. The maximum atomic E-state index is 14.1. The lowest BCUT2D eigenvalue weighted by Gasteiger charge is -2.23. The summed E-state index contributed by atoms with van der Waals surface area (Å²) in [6.45, 7) is 0.592. The Morgan fingerprint density at radius 1 is 1.00 bits per heavy atom. The highest BCUT2D eigenvalue weighted by molar-refractivity contribution is 6.21. The van der Waals surface area contributed by atoms with Crippen molar-refractivity contribution in [2.45, 2.75) is 32.0 Å². The molecule has 8 heteroatoms. The van der Waals surface area contributed by atoms with Crippen LogP contribution in [0.3, 0.4) is 0 Å². The zero-order valence-corrected chi connectivity index (χ0v) is 19.3. The van der Waals surface area contributed by atoms with Gasteiger partial charge in [-0.25, -0.2) is 4.39 Å². The molecule has 36 heavy (non-hydrogen) atoms. The quantitative estimate of drug-likeness (QED) is 0.356. The predicted octanol–water partition coefficient (Wildman–Crippen LogP) is 4.99. The SMILES string of the molecule is O=C(c1c2cccnc2c(O)c2c(O)n(Cc3ccc(F)cc3)cc12)N(Cc1ccccn1)C1CC1. The number of nitrogens with zero attached hydrogens (tertiary/aromatic N) is 4. The third-order valence-corrected chi connectivity index (χ3v) is 6.64. The number of hydrogen-bond acceptors (Lipinski definition) is 5. The smallest absolute Gasteiger partial charge is 0.255 e. The van der Waals surface area contributed by atoms with E-state index in [0.29, 0.717) is 22.9 Å². The topological polar surface area (TPSA) is 91.5 Å². The van der Waals surface area contributed by atoms with Gasteiger partial charge in [-0.05, 0) is 48.7 Å². The summed E-state index contributed by atoms with van der Waals surface area (Å²) < 4.78 is 14.9. The molecule has 1 fully saturated rings. The van der Waals surface area contributed by atoms with Gasteiger partial charge in [0.25, 0.3) is 5.91 Å². The Morgan fingerprint density at radius 3 is 2.50 bits per heavy atom. The molecule has 180 valence electrons. The average Bonchev–Trinajstić information content (AvgIpc) is 3.69. The Bertz CT molecular complexity index is 1600. The minimum absolute atomic E-state index is 0.102. The van der Waals surface area contributed by atoms with E-state index in [1.165, 1.54) is 12.1 Å². The first-order chi connectivity index (χ1) is 17.5. The Labute approximate surface area is 206 Å². The summed E-state index contributed by atoms with van der Waals surface area (Å²) in [6.07, 6.45) is 6.73. The average molecular weight is 483 g/mol. The number of phenols is 1. The molecule has 5 aromatic rings. The van der Waals surface area contributed by atoms with Crippen LogP contribution in [0.1, 0.15) is 34.5 Å². The van der Waals surface area contributed by atoms with Gasteiger partial charge in [-0.3, -0.25) is 14.8 Å². The summed E-state index contributed by atoms with van der Waals surface area (Å²) >= 11 is 0. The van der Waals surface area contributed by atoms with Gasteiger partial charge in [0.2, 0.25) is 5.88 Å². The van der Waals surface area contributed by atoms with Crippen molar-refractivity contribution >= 4 is 27.6 Å². The Balaban J connectivity index is 1.52. The van der Waals surface area contributed by atoms with Crippen LogP contribution in [0.4, 0.5) is 4.39 Å². The fourth-order valence-electron chi connectivity index (χ4n) is 4.73. The fourth-order valence-corrected chi connectivity index (χ4v) is 4.73. The number of benzene rings is 2. The molecule has 1 aliphatic rings. The van der Waals surface area contributed by atoms with Crippen LogP contribution in [0, 0.1) is 5.82 Å². The fraction of sp³-hybridized carbons (Fsp3) is 0.179. The molecule has 0 atom stereocenters. The molecule has 1 saturated carbocycles. The molecule has 2 N–H and O–H groups in total.